The van der Waals surface area contributed by atoms with Crippen molar-refractivity contribution in [1.82, 2.24) is 14.8 Å². The Balaban J connectivity index is 2.10. The van der Waals surface area contributed by atoms with Crippen molar-refractivity contribution in [2.24, 2.45) is 5.84 Å². The van der Waals surface area contributed by atoms with Crippen molar-refractivity contribution in [3.05, 3.63) is 29.0 Å². The number of hydrazine groups is 1. The standard InChI is InChI=1S/C8H11N5S/c1-6-2-3-13(12-6)5-7-4-10-8(11-9)14-7/h2-4H,5,9H2,1H3,(H,10,11). The van der Waals surface area contributed by atoms with Crippen molar-refractivity contribution in [3.63, 3.8) is 0 Å². The van der Waals surface area contributed by atoms with Crippen LogP contribution in [0.1, 0.15) is 10.6 Å². The summed E-state index contributed by atoms with van der Waals surface area (Å²) in [5, 5.41) is 5.01. The van der Waals surface area contributed by atoms with E-state index in [2.05, 4.69) is 15.5 Å². The van der Waals surface area contributed by atoms with E-state index in [0.717, 1.165) is 22.2 Å². The van der Waals surface area contributed by atoms with E-state index >= 15 is 0 Å². The summed E-state index contributed by atoms with van der Waals surface area (Å²) in [5.41, 5.74) is 3.54. The third-order valence-corrected chi connectivity index (χ3v) is 2.68. The monoisotopic (exact) mass is 209 g/mol. The molecule has 0 amide bonds. The number of nitrogens with zero attached hydrogens (tertiary/aromatic N) is 3. The number of aromatic nitrogens is 3. The highest BCUT2D eigenvalue weighted by atomic mass is 32.1. The Labute approximate surface area is 85.5 Å². The molecule has 0 aliphatic rings. The third kappa shape index (κ3) is 1.91. The van der Waals surface area contributed by atoms with Crippen LogP contribution in [-0.4, -0.2) is 14.8 Å². The fourth-order valence-electron chi connectivity index (χ4n) is 1.16. The molecule has 0 fully saturated rings. The molecular formula is C8H11N5S. The van der Waals surface area contributed by atoms with E-state index in [-0.39, 0.29) is 0 Å². The summed E-state index contributed by atoms with van der Waals surface area (Å²) in [6.07, 6.45) is 3.75. The van der Waals surface area contributed by atoms with Crippen LogP contribution >= 0.6 is 11.3 Å². The van der Waals surface area contributed by atoms with Gasteiger partial charge in [-0.15, -0.1) is 0 Å². The van der Waals surface area contributed by atoms with E-state index in [9.17, 15) is 0 Å². The molecule has 2 aromatic heterocycles. The van der Waals surface area contributed by atoms with Gasteiger partial charge in [-0.25, -0.2) is 10.8 Å². The van der Waals surface area contributed by atoms with Crippen LogP contribution in [0, 0.1) is 6.92 Å². The van der Waals surface area contributed by atoms with Crippen LogP contribution in [0.2, 0.25) is 0 Å². The molecule has 0 radical (unpaired) electrons. The molecule has 6 heteroatoms. The molecule has 5 nitrogen and oxygen atoms in total. The molecule has 0 saturated heterocycles. The van der Waals surface area contributed by atoms with Gasteiger partial charge in [0.15, 0.2) is 5.13 Å². The van der Waals surface area contributed by atoms with Gasteiger partial charge in [-0.05, 0) is 13.0 Å². The molecule has 0 bridgehead atoms. The van der Waals surface area contributed by atoms with Crippen molar-refractivity contribution < 1.29 is 0 Å². The minimum absolute atomic E-state index is 0.726. The summed E-state index contributed by atoms with van der Waals surface area (Å²) in [5.74, 6) is 5.24. The van der Waals surface area contributed by atoms with Crippen LogP contribution in [-0.2, 0) is 6.54 Å². The number of aryl methyl sites for hydroxylation is 1. The lowest BCUT2D eigenvalue weighted by molar-refractivity contribution is 0.686. The molecule has 0 aromatic carbocycles. The molecule has 0 unspecified atom stereocenters. The van der Waals surface area contributed by atoms with E-state index in [1.54, 1.807) is 6.20 Å². The topological polar surface area (TPSA) is 68.8 Å². The first-order valence-corrected chi connectivity index (χ1v) is 5.01. The maximum atomic E-state index is 5.24. The number of nitrogens with one attached hydrogen (secondary N) is 1. The molecular weight excluding hydrogens is 198 g/mol. The summed E-state index contributed by atoms with van der Waals surface area (Å²) in [6.45, 7) is 2.71. The molecule has 2 aromatic rings. The summed E-state index contributed by atoms with van der Waals surface area (Å²) >= 11 is 1.53. The van der Waals surface area contributed by atoms with E-state index in [1.165, 1.54) is 11.3 Å². The average molecular weight is 209 g/mol. The second-order valence-electron chi connectivity index (χ2n) is 2.93. The lowest BCUT2D eigenvalue weighted by Gasteiger charge is -1.96. The molecule has 0 aliphatic carbocycles. The van der Waals surface area contributed by atoms with Crippen molar-refractivity contribution in [2.45, 2.75) is 13.5 Å². The SMILES string of the molecule is Cc1ccn(Cc2cnc(NN)s2)n1. The number of nitrogens with two attached hydrogens (primary N) is 1. The van der Waals surface area contributed by atoms with E-state index in [4.69, 9.17) is 5.84 Å². The normalized spacial score (nSPS) is 10.4. The largest absolute Gasteiger partial charge is 0.300 e. The fraction of sp³-hybridized carbons (Fsp3) is 0.250. The Morgan fingerprint density at radius 1 is 1.64 bits per heavy atom. The first kappa shape index (κ1) is 9.17. The molecule has 14 heavy (non-hydrogen) atoms. The highest BCUT2D eigenvalue weighted by Gasteiger charge is 2.01. The summed E-state index contributed by atoms with van der Waals surface area (Å²) in [7, 11) is 0. The highest BCUT2D eigenvalue weighted by Crippen LogP contribution is 2.17. The Kier molecular flexibility index (Phi) is 2.47. The van der Waals surface area contributed by atoms with Crippen LogP contribution < -0.4 is 11.3 Å². The number of hydrogen-bond donors (Lipinski definition) is 2. The predicted octanol–water partition coefficient (Wildman–Crippen LogP) is 0.982. The Morgan fingerprint density at radius 3 is 3.07 bits per heavy atom. The van der Waals surface area contributed by atoms with Crippen molar-refractivity contribution in [3.8, 4) is 0 Å². The van der Waals surface area contributed by atoms with Gasteiger partial charge in [0.1, 0.15) is 0 Å². The number of thiazole rings is 1. The minimum atomic E-state index is 0.726. The molecule has 0 saturated carbocycles. The fourth-order valence-corrected chi connectivity index (χ4v) is 1.87. The Morgan fingerprint density at radius 2 is 2.50 bits per heavy atom. The molecule has 2 heterocycles. The average Bonchev–Trinajstić information content (AvgIpc) is 2.76. The van der Waals surface area contributed by atoms with Gasteiger partial charge in [-0.1, -0.05) is 11.3 Å². The second kappa shape index (κ2) is 3.77. The van der Waals surface area contributed by atoms with E-state index in [1.807, 2.05) is 23.9 Å². The number of rotatable bonds is 3. The lowest BCUT2D eigenvalue weighted by Crippen LogP contribution is -2.05. The Bertz CT molecular complexity index is 419. The van der Waals surface area contributed by atoms with Gasteiger partial charge < -0.3 is 0 Å². The van der Waals surface area contributed by atoms with Crippen LogP contribution in [0.15, 0.2) is 18.5 Å². The smallest absolute Gasteiger partial charge is 0.197 e. The van der Waals surface area contributed by atoms with E-state index < -0.39 is 0 Å². The van der Waals surface area contributed by atoms with Crippen LogP contribution in [0.5, 0.6) is 0 Å². The van der Waals surface area contributed by atoms with Gasteiger partial charge in [0.05, 0.1) is 12.2 Å². The van der Waals surface area contributed by atoms with Crippen molar-refractivity contribution in [1.29, 1.82) is 0 Å². The quantitative estimate of drug-likeness (QED) is 0.584. The van der Waals surface area contributed by atoms with Crippen LogP contribution in [0.3, 0.4) is 0 Å². The molecule has 3 N–H and O–H groups in total. The summed E-state index contributed by atoms with van der Waals surface area (Å²) in [4.78, 5) is 5.20. The Hall–Kier alpha value is -1.40. The molecule has 74 valence electrons. The maximum absolute atomic E-state index is 5.24. The van der Waals surface area contributed by atoms with Gasteiger partial charge >= 0.3 is 0 Å². The zero-order chi connectivity index (χ0) is 9.97. The highest BCUT2D eigenvalue weighted by molar-refractivity contribution is 7.15. The number of anilines is 1. The van der Waals surface area contributed by atoms with Gasteiger partial charge in [0.25, 0.3) is 0 Å². The van der Waals surface area contributed by atoms with Crippen LogP contribution in [0.4, 0.5) is 5.13 Å². The predicted molar refractivity (Wildman–Crippen MR) is 56.0 cm³/mol. The van der Waals surface area contributed by atoms with Crippen molar-refractivity contribution >= 4 is 16.5 Å². The van der Waals surface area contributed by atoms with Gasteiger partial charge in [-0.2, -0.15) is 5.10 Å². The second-order valence-corrected chi connectivity index (χ2v) is 4.05. The van der Waals surface area contributed by atoms with Gasteiger partial charge in [0, 0.05) is 17.3 Å². The molecule has 0 aliphatic heterocycles. The van der Waals surface area contributed by atoms with E-state index in [0.29, 0.717) is 0 Å². The van der Waals surface area contributed by atoms with Gasteiger partial charge in [-0.3, -0.25) is 10.1 Å². The van der Waals surface area contributed by atoms with Crippen molar-refractivity contribution in [2.75, 3.05) is 5.43 Å². The summed E-state index contributed by atoms with van der Waals surface area (Å²) < 4.78 is 1.88. The summed E-state index contributed by atoms with van der Waals surface area (Å²) in [6, 6.07) is 1.98. The number of nitrogen functional groups attached to an aromatic ring is 1. The molecule has 0 atom stereocenters. The zero-order valence-electron chi connectivity index (χ0n) is 7.77. The maximum Gasteiger partial charge on any atom is 0.197 e. The first-order chi connectivity index (χ1) is 6.78. The first-order valence-electron chi connectivity index (χ1n) is 4.19. The minimum Gasteiger partial charge on any atom is -0.300 e. The van der Waals surface area contributed by atoms with Gasteiger partial charge in [0.2, 0.25) is 0 Å². The third-order valence-electron chi connectivity index (χ3n) is 1.77. The zero-order valence-corrected chi connectivity index (χ0v) is 8.58. The van der Waals surface area contributed by atoms with Crippen LogP contribution in [0.25, 0.3) is 0 Å². The number of hydrogen-bond acceptors (Lipinski definition) is 5. The molecule has 2 rings (SSSR count). The molecule has 0 spiro atoms. The lowest BCUT2D eigenvalue weighted by atomic mass is 10.5.